The minimum Gasteiger partial charge on any atom is -0.381 e. The molecule has 8 nitrogen and oxygen atoms in total. The maximum absolute atomic E-state index is 14.7. The summed E-state index contributed by atoms with van der Waals surface area (Å²) < 4.78 is 61.8. The van der Waals surface area contributed by atoms with Crippen LogP contribution in [0.15, 0.2) is 40.1 Å². The van der Waals surface area contributed by atoms with E-state index in [9.17, 15) is 32.4 Å². The van der Waals surface area contributed by atoms with E-state index in [0.29, 0.717) is 6.07 Å². The summed E-state index contributed by atoms with van der Waals surface area (Å²) in [6.07, 6.45) is -3.02. The molecule has 1 saturated heterocycles. The van der Waals surface area contributed by atoms with Gasteiger partial charge < -0.3 is 10.1 Å². The maximum atomic E-state index is 14.7. The minimum absolute atomic E-state index is 0.00288. The van der Waals surface area contributed by atoms with Crippen LogP contribution in [0.5, 0.6) is 0 Å². The van der Waals surface area contributed by atoms with Crippen LogP contribution in [-0.4, -0.2) is 27.6 Å². The van der Waals surface area contributed by atoms with Crippen LogP contribution >= 0.6 is 0 Å². The van der Waals surface area contributed by atoms with Gasteiger partial charge in [-0.2, -0.15) is 23.5 Å². The number of fused-ring (bicyclic) bond motifs is 1. The Morgan fingerprint density at radius 3 is 2.54 bits per heavy atom. The first kappa shape index (κ1) is 24.4. The zero-order chi connectivity index (χ0) is 25.5. The highest BCUT2D eigenvalue weighted by atomic mass is 19.4. The fourth-order valence-corrected chi connectivity index (χ4v) is 4.27. The van der Waals surface area contributed by atoms with Crippen molar-refractivity contribution >= 4 is 16.6 Å². The highest BCUT2D eigenvalue weighted by Crippen LogP contribution is 2.35. The second-order valence-electron chi connectivity index (χ2n) is 8.41. The van der Waals surface area contributed by atoms with Gasteiger partial charge in [-0.25, -0.2) is 9.07 Å². The average Bonchev–Trinajstić information content (AvgIpc) is 2.81. The Morgan fingerprint density at radius 1 is 1.23 bits per heavy atom. The number of rotatable bonds is 4. The summed E-state index contributed by atoms with van der Waals surface area (Å²) in [5.74, 6) is -1.38. The van der Waals surface area contributed by atoms with Crippen LogP contribution in [0.1, 0.15) is 36.9 Å². The lowest BCUT2D eigenvalue weighted by Gasteiger charge is -2.32. The predicted molar refractivity (Wildman–Crippen MR) is 118 cm³/mol. The molecule has 0 amide bonds. The molecule has 1 aliphatic rings. The Bertz CT molecular complexity index is 1450. The first-order valence-corrected chi connectivity index (χ1v) is 10.7. The van der Waals surface area contributed by atoms with E-state index < -0.39 is 40.3 Å². The molecule has 2 aromatic heterocycles. The summed E-state index contributed by atoms with van der Waals surface area (Å²) in [5, 5.41) is 17.1. The molecule has 1 N–H and O–H groups in total. The third-order valence-corrected chi connectivity index (χ3v) is 6.23. The SMILES string of the molecule is C[C@@H](Nc1nn(C)c(=O)c2cc(=O)n(C3(C#N)CCOCC3)cc12)c1cccc(C(F)(F)F)c1F. The van der Waals surface area contributed by atoms with Gasteiger partial charge in [-0.3, -0.25) is 14.2 Å². The van der Waals surface area contributed by atoms with Gasteiger partial charge in [-0.1, -0.05) is 12.1 Å². The quantitative estimate of drug-likeness (QED) is 0.561. The van der Waals surface area contributed by atoms with E-state index >= 15 is 0 Å². The van der Waals surface area contributed by atoms with Crippen LogP contribution in [0, 0.1) is 17.1 Å². The molecule has 0 unspecified atom stereocenters. The molecule has 3 aromatic rings. The first-order valence-electron chi connectivity index (χ1n) is 10.7. The van der Waals surface area contributed by atoms with Crippen LogP contribution in [0.4, 0.5) is 23.4 Å². The molecule has 12 heteroatoms. The van der Waals surface area contributed by atoms with Gasteiger partial charge in [0.05, 0.1) is 23.1 Å². The number of pyridine rings is 1. The highest BCUT2D eigenvalue weighted by Gasteiger charge is 2.37. The number of benzene rings is 1. The van der Waals surface area contributed by atoms with E-state index in [1.165, 1.54) is 30.8 Å². The van der Waals surface area contributed by atoms with Crippen molar-refractivity contribution in [2.75, 3.05) is 18.5 Å². The Morgan fingerprint density at radius 2 is 1.91 bits per heavy atom. The summed E-state index contributed by atoms with van der Waals surface area (Å²) in [6.45, 7) is 1.98. The lowest BCUT2D eigenvalue weighted by Crippen LogP contribution is -2.44. The maximum Gasteiger partial charge on any atom is 0.419 e. The summed E-state index contributed by atoms with van der Waals surface area (Å²) in [6, 6.07) is 5.27. The third-order valence-electron chi connectivity index (χ3n) is 6.23. The number of halogens is 4. The van der Waals surface area contributed by atoms with Crippen LogP contribution in [0.2, 0.25) is 0 Å². The normalized spacial score (nSPS) is 16.6. The predicted octanol–water partition coefficient (Wildman–Crippen LogP) is 3.46. The van der Waals surface area contributed by atoms with Crippen LogP contribution in [0.3, 0.4) is 0 Å². The topological polar surface area (TPSA) is 102 Å². The molecule has 184 valence electrons. The fraction of sp³-hybridized carbons (Fsp3) is 0.391. The standard InChI is InChI=1S/C23H21F4N5O3/c1-13(14-4-3-5-17(19(14)24)23(25,26)27)29-20-16-11-32(22(12-28)6-8-35-9-7-22)18(33)10-15(16)21(34)31(2)30-20/h3-5,10-11,13H,6-9H2,1-2H3,(H,29,30)/t13-/m1/s1. The van der Waals surface area contributed by atoms with Crippen molar-refractivity contribution in [2.45, 2.75) is 37.5 Å². The average molecular weight is 491 g/mol. The molecule has 1 atom stereocenters. The summed E-state index contributed by atoms with van der Waals surface area (Å²) >= 11 is 0. The Kier molecular flexibility index (Phi) is 6.14. The highest BCUT2D eigenvalue weighted by molar-refractivity contribution is 5.90. The molecule has 0 saturated carbocycles. The molecule has 0 spiro atoms. The van der Waals surface area contributed by atoms with Crippen molar-refractivity contribution in [3.63, 3.8) is 0 Å². The summed E-state index contributed by atoms with van der Waals surface area (Å²) in [4.78, 5) is 25.6. The van der Waals surface area contributed by atoms with Gasteiger partial charge >= 0.3 is 6.18 Å². The molecule has 3 heterocycles. The number of hydrogen-bond donors (Lipinski definition) is 1. The van der Waals surface area contributed by atoms with E-state index in [-0.39, 0.29) is 48.2 Å². The molecule has 1 fully saturated rings. The molecule has 35 heavy (non-hydrogen) atoms. The fourth-order valence-electron chi connectivity index (χ4n) is 4.27. The third kappa shape index (κ3) is 4.27. The first-order chi connectivity index (χ1) is 16.5. The minimum atomic E-state index is -4.87. The second-order valence-corrected chi connectivity index (χ2v) is 8.41. The van der Waals surface area contributed by atoms with Gasteiger partial charge in [0.25, 0.3) is 11.1 Å². The second kappa shape index (κ2) is 8.81. The largest absolute Gasteiger partial charge is 0.419 e. The van der Waals surface area contributed by atoms with Crippen LogP contribution < -0.4 is 16.4 Å². The molecule has 0 bridgehead atoms. The lowest BCUT2D eigenvalue weighted by atomic mass is 9.91. The number of anilines is 1. The number of hydrogen-bond acceptors (Lipinski definition) is 6. The molecular weight excluding hydrogens is 470 g/mol. The van der Waals surface area contributed by atoms with E-state index in [0.717, 1.165) is 16.8 Å². The lowest BCUT2D eigenvalue weighted by molar-refractivity contribution is -0.140. The van der Waals surface area contributed by atoms with Crippen LogP contribution in [0.25, 0.3) is 10.8 Å². The van der Waals surface area contributed by atoms with Gasteiger partial charge in [-0.15, -0.1) is 0 Å². The molecule has 4 rings (SSSR count). The molecule has 0 aliphatic carbocycles. The van der Waals surface area contributed by atoms with E-state index in [1.807, 2.05) is 0 Å². The Hall–Kier alpha value is -3.72. The van der Waals surface area contributed by atoms with Crippen molar-refractivity contribution in [1.82, 2.24) is 14.3 Å². The number of aromatic nitrogens is 3. The number of alkyl halides is 3. The van der Waals surface area contributed by atoms with Crippen molar-refractivity contribution in [1.29, 1.82) is 5.26 Å². The van der Waals surface area contributed by atoms with Gasteiger partial charge in [0, 0.05) is 56.3 Å². The smallest absolute Gasteiger partial charge is 0.381 e. The number of nitrogens with zero attached hydrogens (tertiary/aromatic N) is 4. The number of nitrogens with one attached hydrogen (secondary N) is 1. The van der Waals surface area contributed by atoms with Crippen LogP contribution in [-0.2, 0) is 23.5 Å². The number of nitriles is 1. The zero-order valence-corrected chi connectivity index (χ0v) is 18.8. The van der Waals surface area contributed by atoms with Gasteiger partial charge in [-0.05, 0) is 13.0 Å². The monoisotopic (exact) mass is 491 g/mol. The van der Waals surface area contributed by atoms with Crippen molar-refractivity contribution in [3.8, 4) is 6.07 Å². The van der Waals surface area contributed by atoms with E-state index in [2.05, 4.69) is 16.5 Å². The zero-order valence-electron chi connectivity index (χ0n) is 18.8. The van der Waals surface area contributed by atoms with E-state index in [4.69, 9.17) is 4.74 Å². The van der Waals surface area contributed by atoms with Gasteiger partial charge in [0.2, 0.25) is 0 Å². The van der Waals surface area contributed by atoms with Gasteiger partial charge in [0.1, 0.15) is 11.4 Å². The number of ether oxygens (including phenoxy) is 1. The molecule has 1 aliphatic heterocycles. The Balaban J connectivity index is 1.86. The molecular formula is C23H21F4N5O3. The Labute approximate surface area is 196 Å². The molecule has 1 aromatic carbocycles. The number of aryl methyl sites for hydroxylation is 1. The van der Waals surface area contributed by atoms with E-state index in [1.54, 1.807) is 0 Å². The van der Waals surface area contributed by atoms with Gasteiger partial charge in [0.15, 0.2) is 5.82 Å². The van der Waals surface area contributed by atoms with Crippen molar-refractivity contribution < 1.29 is 22.3 Å². The summed E-state index contributed by atoms with van der Waals surface area (Å²) in [7, 11) is 1.35. The van der Waals surface area contributed by atoms with Crippen molar-refractivity contribution in [3.05, 3.63) is 68.1 Å². The summed E-state index contributed by atoms with van der Waals surface area (Å²) in [5.41, 5.74) is -3.99. The van der Waals surface area contributed by atoms with Crippen molar-refractivity contribution in [2.24, 2.45) is 7.05 Å². The molecule has 0 radical (unpaired) electrons.